The first kappa shape index (κ1) is 13.6. The van der Waals surface area contributed by atoms with Gasteiger partial charge in [0.25, 0.3) is 0 Å². The van der Waals surface area contributed by atoms with Gasteiger partial charge in [0.1, 0.15) is 0 Å². The molecular weight excluding hydrogens is 244 g/mol. The van der Waals surface area contributed by atoms with E-state index in [0.717, 1.165) is 5.69 Å². The Morgan fingerprint density at radius 2 is 2.25 bits per heavy atom. The molecule has 0 bridgehead atoms. The van der Waals surface area contributed by atoms with Gasteiger partial charge < -0.3 is 5.32 Å². The Kier molecular flexibility index (Phi) is 4.89. The van der Waals surface area contributed by atoms with Crippen molar-refractivity contribution < 1.29 is 8.42 Å². The van der Waals surface area contributed by atoms with E-state index < -0.39 is 9.84 Å². The largest absolute Gasteiger partial charge is 0.308 e. The van der Waals surface area contributed by atoms with Gasteiger partial charge in [-0.1, -0.05) is 6.92 Å². The summed E-state index contributed by atoms with van der Waals surface area (Å²) in [6.45, 7) is 6.22. The predicted molar refractivity (Wildman–Crippen MR) is 67.5 cm³/mol. The van der Waals surface area contributed by atoms with E-state index in [-0.39, 0.29) is 17.5 Å². The van der Waals surface area contributed by atoms with E-state index in [4.69, 9.17) is 0 Å². The number of hydrogen-bond donors (Lipinski definition) is 1. The minimum absolute atomic E-state index is 0.0218. The monoisotopic (exact) mass is 262 g/mol. The molecule has 0 radical (unpaired) electrons. The average Bonchev–Trinajstić information content (AvgIpc) is 2.60. The van der Waals surface area contributed by atoms with Gasteiger partial charge in [-0.15, -0.1) is 11.3 Å². The molecule has 0 aliphatic rings. The highest BCUT2D eigenvalue weighted by atomic mass is 32.2. The molecule has 0 aliphatic carbocycles. The zero-order valence-corrected chi connectivity index (χ0v) is 11.5. The third-order valence-corrected chi connectivity index (χ3v) is 5.22. The zero-order valence-electron chi connectivity index (χ0n) is 9.86. The number of hydrogen-bond acceptors (Lipinski definition) is 5. The summed E-state index contributed by atoms with van der Waals surface area (Å²) in [7, 11) is -2.89. The quantitative estimate of drug-likeness (QED) is 0.841. The Bertz CT molecular complexity index is 426. The van der Waals surface area contributed by atoms with Crippen LogP contribution in [0.2, 0.25) is 0 Å². The van der Waals surface area contributed by atoms with Gasteiger partial charge in [0.2, 0.25) is 0 Å². The van der Waals surface area contributed by atoms with Crippen molar-refractivity contribution >= 4 is 21.2 Å². The molecule has 1 N–H and O–H groups in total. The fourth-order valence-electron chi connectivity index (χ4n) is 1.32. The first-order valence-corrected chi connectivity index (χ1v) is 7.97. The summed E-state index contributed by atoms with van der Waals surface area (Å²) in [5.41, 5.74) is 2.82. The van der Waals surface area contributed by atoms with Crippen LogP contribution in [0.1, 0.15) is 24.4 Å². The molecule has 16 heavy (non-hydrogen) atoms. The smallest absolute Gasteiger partial charge is 0.151 e. The maximum Gasteiger partial charge on any atom is 0.151 e. The average molecular weight is 262 g/mol. The van der Waals surface area contributed by atoms with Crippen molar-refractivity contribution in [2.75, 3.05) is 11.5 Å². The molecule has 1 atom stereocenters. The lowest BCUT2D eigenvalue weighted by Gasteiger charge is -2.12. The first-order valence-electron chi connectivity index (χ1n) is 5.27. The summed E-state index contributed by atoms with van der Waals surface area (Å²) in [6, 6.07) is -0.0218. The minimum Gasteiger partial charge on any atom is -0.308 e. The van der Waals surface area contributed by atoms with E-state index in [2.05, 4.69) is 10.3 Å². The van der Waals surface area contributed by atoms with E-state index >= 15 is 0 Å². The number of aryl methyl sites for hydroxylation is 1. The summed E-state index contributed by atoms with van der Waals surface area (Å²) in [4.78, 5) is 5.31. The molecule has 92 valence electrons. The molecule has 4 nitrogen and oxygen atoms in total. The van der Waals surface area contributed by atoms with Crippen LogP contribution in [0.25, 0.3) is 0 Å². The van der Waals surface area contributed by atoms with Crippen LogP contribution in [0.5, 0.6) is 0 Å². The van der Waals surface area contributed by atoms with Crippen LogP contribution in [0.15, 0.2) is 5.51 Å². The van der Waals surface area contributed by atoms with Crippen molar-refractivity contribution in [3.63, 3.8) is 0 Å². The van der Waals surface area contributed by atoms with E-state index in [9.17, 15) is 8.42 Å². The Morgan fingerprint density at radius 3 is 2.75 bits per heavy atom. The highest BCUT2D eigenvalue weighted by Gasteiger charge is 2.13. The Hall–Kier alpha value is -0.460. The predicted octanol–water partition coefficient (Wildman–Crippen LogP) is 1.36. The van der Waals surface area contributed by atoms with Crippen molar-refractivity contribution in [2.45, 2.75) is 33.4 Å². The molecule has 0 aromatic carbocycles. The summed E-state index contributed by atoms with van der Waals surface area (Å²) in [5.74, 6) is 0.403. The van der Waals surface area contributed by atoms with Gasteiger partial charge in [-0.05, 0) is 13.8 Å². The number of aromatic nitrogens is 1. The topological polar surface area (TPSA) is 59.1 Å². The maximum absolute atomic E-state index is 11.4. The number of sulfone groups is 1. The molecule has 1 aromatic rings. The second kappa shape index (κ2) is 5.75. The second-order valence-electron chi connectivity index (χ2n) is 3.84. The molecule has 0 saturated carbocycles. The number of nitrogens with one attached hydrogen (secondary N) is 1. The summed E-state index contributed by atoms with van der Waals surface area (Å²) >= 11 is 1.59. The molecule has 0 fully saturated rings. The van der Waals surface area contributed by atoms with Gasteiger partial charge in [-0.25, -0.2) is 13.4 Å². The van der Waals surface area contributed by atoms with Gasteiger partial charge in [0, 0.05) is 23.2 Å². The normalized spacial score (nSPS) is 13.9. The van der Waals surface area contributed by atoms with E-state index in [0.29, 0.717) is 6.54 Å². The van der Waals surface area contributed by atoms with Crippen LogP contribution < -0.4 is 5.32 Å². The molecule has 1 aromatic heterocycles. The van der Waals surface area contributed by atoms with Crippen LogP contribution in [-0.4, -0.2) is 30.9 Å². The number of thiazole rings is 1. The van der Waals surface area contributed by atoms with Gasteiger partial charge in [-0.2, -0.15) is 0 Å². The van der Waals surface area contributed by atoms with Crippen molar-refractivity contribution in [3.05, 3.63) is 16.1 Å². The standard InChI is InChI=1S/C10H18N2O2S2/c1-4-16(13,14)6-8(2)11-5-10-9(3)12-7-15-10/h7-8,11H,4-6H2,1-3H3. The fourth-order valence-corrected chi connectivity index (χ4v) is 3.16. The molecule has 0 saturated heterocycles. The molecule has 0 aliphatic heterocycles. The maximum atomic E-state index is 11.4. The molecule has 1 rings (SSSR count). The second-order valence-corrected chi connectivity index (χ2v) is 7.18. The van der Waals surface area contributed by atoms with Gasteiger partial charge in [0.05, 0.1) is 17.0 Å². The van der Waals surface area contributed by atoms with E-state index in [1.54, 1.807) is 23.8 Å². The van der Waals surface area contributed by atoms with Crippen LogP contribution in [0.3, 0.4) is 0 Å². The minimum atomic E-state index is -2.89. The number of rotatable bonds is 6. The molecular formula is C10H18N2O2S2. The lowest BCUT2D eigenvalue weighted by Crippen LogP contribution is -2.33. The van der Waals surface area contributed by atoms with Gasteiger partial charge in [-0.3, -0.25) is 0 Å². The van der Waals surface area contributed by atoms with Crippen molar-refractivity contribution in [3.8, 4) is 0 Å². The highest BCUT2D eigenvalue weighted by Crippen LogP contribution is 2.11. The lowest BCUT2D eigenvalue weighted by molar-refractivity contribution is 0.558. The van der Waals surface area contributed by atoms with Crippen LogP contribution in [0, 0.1) is 6.92 Å². The molecule has 6 heteroatoms. The van der Waals surface area contributed by atoms with E-state index in [1.807, 2.05) is 13.8 Å². The van der Waals surface area contributed by atoms with Gasteiger partial charge in [0.15, 0.2) is 9.84 Å². The van der Waals surface area contributed by atoms with Crippen LogP contribution in [0.4, 0.5) is 0 Å². The zero-order chi connectivity index (χ0) is 12.2. The molecule has 0 spiro atoms. The fraction of sp³-hybridized carbons (Fsp3) is 0.700. The van der Waals surface area contributed by atoms with E-state index in [1.165, 1.54) is 4.88 Å². The third kappa shape index (κ3) is 4.19. The van der Waals surface area contributed by atoms with Crippen molar-refractivity contribution in [2.24, 2.45) is 0 Å². The SMILES string of the molecule is CCS(=O)(=O)CC(C)NCc1scnc1C. The first-order chi connectivity index (χ1) is 7.44. The summed E-state index contributed by atoms with van der Waals surface area (Å²) in [5, 5.41) is 3.21. The Balaban J connectivity index is 2.42. The van der Waals surface area contributed by atoms with Crippen LogP contribution >= 0.6 is 11.3 Å². The lowest BCUT2D eigenvalue weighted by atomic mass is 10.3. The highest BCUT2D eigenvalue weighted by molar-refractivity contribution is 7.91. The summed E-state index contributed by atoms with van der Waals surface area (Å²) in [6.07, 6.45) is 0. The third-order valence-electron chi connectivity index (χ3n) is 2.40. The number of nitrogens with zero attached hydrogens (tertiary/aromatic N) is 1. The molecule has 1 heterocycles. The molecule has 0 amide bonds. The molecule has 1 unspecified atom stereocenters. The van der Waals surface area contributed by atoms with Crippen LogP contribution in [-0.2, 0) is 16.4 Å². The Labute approximate surface area is 101 Å². The Morgan fingerprint density at radius 1 is 1.56 bits per heavy atom. The van der Waals surface area contributed by atoms with Gasteiger partial charge >= 0.3 is 0 Å². The van der Waals surface area contributed by atoms with Crippen molar-refractivity contribution in [1.29, 1.82) is 0 Å². The van der Waals surface area contributed by atoms with Crippen molar-refractivity contribution in [1.82, 2.24) is 10.3 Å². The summed E-state index contributed by atoms with van der Waals surface area (Å²) < 4.78 is 22.8.